The zero-order valence-corrected chi connectivity index (χ0v) is 24.7. The normalized spacial score (nSPS) is 14.4. The Morgan fingerprint density at radius 3 is 2.34 bits per heavy atom. The maximum absolute atomic E-state index is 15.6. The van der Waals surface area contributed by atoms with Crippen LogP contribution in [-0.4, -0.2) is 56.7 Å². The molecule has 220 valence electrons. The third kappa shape index (κ3) is 8.09. The summed E-state index contributed by atoms with van der Waals surface area (Å²) in [4.78, 5) is 31.0. The molecule has 1 aliphatic carbocycles. The van der Waals surface area contributed by atoms with E-state index in [1.54, 1.807) is 34.0 Å². The zero-order chi connectivity index (χ0) is 29.6. The Labute approximate surface area is 244 Å². The fourth-order valence-corrected chi connectivity index (χ4v) is 5.12. The van der Waals surface area contributed by atoms with E-state index >= 15 is 8.78 Å². The molecule has 0 saturated heterocycles. The van der Waals surface area contributed by atoms with E-state index in [4.69, 9.17) is 26.1 Å². The molecule has 0 spiro atoms. The van der Waals surface area contributed by atoms with Gasteiger partial charge in [-0.3, -0.25) is 4.98 Å². The molecule has 11 heteroatoms. The molecule has 8 nitrogen and oxygen atoms in total. The summed E-state index contributed by atoms with van der Waals surface area (Å²) >= 11 is 6.65. The van der Waals surface area contributed by atoms with Crippen LogP contribution in [0, 0.1) is 11.6 Å². The zero-order valence-electron chi connectivity index (χ0n) is 23.9. The van der Waals surface area contributed by atoms with Crippen molar-refractivity contribution in [2.45, 2.75) is 77.2 Å². The molecule has 2 aromatic heterocycles. The number of halogens is 3. The Balaban J connectivity index is 1.57. The van der Waals surface area contributed by atoms with Gasteiger partial charge in [-0.25, -0.2) is 28.5 Å². The highest BCUT2D eigenvalue weighted by Gasteiger charge is 2.28. The molecule has 0 atom stereocenters. The van der Waals surface area contributed by atoms with E-state index in [1.165, 1.54) is 17.3 Å². The molecule has 1 aromatic carbocycles. The Morgan fingerprint density at radius 1 is 1.05 bits per heavy atom. The monoisotopic (exact) mass is 587 g/mol. The van der Waals surface area contributed by atoms with Crippen molar-refractivity contribution >= 4 is 17.7 Å². The van der Waals surface area contributed by atoms with Crippen molar-refractivity contribution in [3.63, 3.8) is 0 Å². The van der Waals surface area contributed by atoms with Crippen LogP contribution < -0.4 is 4.74 Å². The highest BCUT2D eigenvalue weighted by Crippen LogP contribution is 2.42. The molecule has 1 saturated carbocycles. The summed E-state index contributed by atoms with van der Waals surface area (Å²) in [6, 6.07) is 2.28. The molecule has 41 heavy (non-hydrogen) atoms. The first-order valence-corrected chi connectivity index (χ1v) is 14.3. The largest absolute Gasteiger partial charge is 0.493 e. The molecule has 0 unspecified atom stereocenters. The van der Waals surface area contributed by atoms with E-state index in [0.717, 1.165) is 50.7 Å². The van der Waals surface area contributed by atoms with Crippen molar-refractivity contribution in [2.24, 2.45) is 0 Å². The quantitative estimate of drug-likeness (QED) is 0.152. The van der Waals surface area contributed by atoms with Crippen LogP contribution in [0.5, 0.6) is 5.75 Å². The van der Waals surface area contributed by atoms with Crippen molar-refractivity contribution in [1.29, 1.82) is 0 Å². The van der Waals surface area contributed by atoms with E-state index in [2.05, 4.69) is 15.0 Å². The average molecular weight is 588 g/mol. The number of ether oxygens (including phenoxy) is 2. The predicted molar refractivity (Wildman–Crippen MR) is 153 cm³/mol. The van der Waals surface area contributed by atoms with Gasteiger partial charge in [0.15, 0.2) is 5.82 Å². The van der Waals surface area contributed by atoms with Gasteiger partial charge in [0.2, 0.25) is 0 Å². The summed E-state index contributed by atoms with van der Waals surface area (Å²) < 4.78 is 42.1. The lowest BCUT2D eigenvalue weighted by Gasteiger charge is -2.24. The SMILES string of the molecule is CN(CCCOc1cc(F)c(-c2c(Cl)nc(-c3cnccn3)nc2C2CCCCCC2)c(F)c1)C(=O)OC(C)(C)C. The van der Waals surface area contributed by atoms with Gasteiger partial charge in [-0.05, 0) is 40.0 Å². The lowest BCUT2D eigenvalue weighted by molar-refractivity contribution is 0.0292. The van der Waals surface area contributed by atoms with E-state index in [-0.39, 0.29) is 40.4 Å². The first-order valence-electron chi connectivity index (χ1n) is 13.9. The Hall–Kier alpha value is -3.40. The number of carbonyl (C=O) groups excluding carboxylic acids is 1. The summed E-state index contributed by atoms with van der Waals surface area (Å²) in [6.45, 7) is 5.88. The third-order valence-corrected chi connectivity index (χ3v) is 7.08. The second-order valence-electron chi connectivity index (χ2n) is 11.2. The number of benzene rings is 1. The summed E-state index contributed by atoms with van der Waals surface area (Å²) in [6.07, 6.45) is 10.4. The molecule has 1 amide bonds. The molecule has 0 aliphatic heterocycles. The van der Waals surface area contributed by atoms with Crippen molar-refractivity contribution in [3.05, 3.63) is 53.2 Å². The van der Waals surface area contributed by atoms with E-state index < -0.39 is 23.3 Å². The predicted octanol–water partition coefficient (Wildman–Crippen LogP) is 7.61. The highest BCUT2D eigenvalue weighted by atomic mass is 35.5. The molecular weight excluding hydrogens is 552 g/mol. The summed E-state index contributed by atoms with van der Waals surface area (Å²) in [7, 11) is 1.62. The molecule has 1 aliphatic rings. The van der Waals surface area contributed by atoms with Crippen molar-refractivity contribution in [3.8, 4) is 28.4 Å². The molecule has 3 aromatic rings. The van der Waals surface area contributed by atoms with E-state index in [9.17, 15) is 4.79 Å². The number of rotatable bonds is 8. The molecule has 2 heterocycles. The fourth-order valence-electron chi connectivity index (χ4n) is 4.85. The van der Waals surface area contributed by atoms with E-state index in [1.807, 2.05) is 0 Å². The second kappa shape index (κ2) is 13.5. The smallest absolute Gasteiger partial charge is 0.410 e. The van der Waals surface area contributed by atoms with Crippen LogP contribution in [-0.2, 0) is 4.74 Å². The standard InChI is InChI=1S/C30H36ClF2N5O3/c1-30(2,3)41-29(39)38(4)14-9-15-40-20-16-21(32)24(22(33)17-20)25-26(19-10-7-5-6-8-11-19)36-28(37-27(25)31)23-18-34-12-13-35-23/h12-13,16-19H,5-11,14-15H2,1-4H3. The molecule has 1 fully saturated rings. The van der Waals surface area contributed by atoms with Crippen molar-refractivity contribution in [1.82, 2.24) is 24.8 Å². The van der Waals surface area contributed by atoms with Gasteiger partial charge in [-0.1, -0.05) is 37.3 Å². The number of carbonyl (C=O) groups is 1. The van der Waals surface area contributed by atoms with Crippen LogP contribution in [0.1, 0.15) is 77.3 Å². The van der Waals surface area contributed by atoms with Gasteiger partial charge in [0.1, 0.15) is 33.8 Å². The highest BCUT2D eigenvalue weighted by molar-refractivity contribution is 6.32. The molecule has 0 N–H and O–H groups in total. The Morgan fingerprint density at radius 2 is 1.73 bits per heavy atom. The summed E-state index contributed by atoms with van der Waals surface area (Å²) in [5, 5.41) is -0.0449. The molecule has 0 radical (unpaired) electrons. The van der Waals surface area contributed by atoms with Crippen LogP contribution in [0.4, 0.5) is 13.6 Å². The van der Waals surface area contributed by atoms with Crippen LogP contribution in [0.3, 0.4) is 0 Å². The number of amides is 1. The Kier molecular flexibility index (Phi) is 10.1. The van der Waals surface area contributed by atoms with Gasteiger partial charge in [0, 0.05) is 49.6 Å². The number of aromatic nitrogens is 4. The van der Waals surface area contributed by atoms with Gasteiger partial charge in [-0.15, -0.1) is 0 Å². The molecular formula is C30H36ClF2N5O3. The van der Waals surface area contributed by atoms with Crippen molar-refractivity contribution in [2.75, 3.05) is 20.2 Å². The van der Waals surface area contributed by atoms with Gasteiger partial charge in [-0.2, -0.15) is 0 Å². The minimum absolute atomic E-state index is 0.0277. The second-order valence-corrected chi connectivity index (χ2v) is 11.6. The Bertz CT molecular complexity index is 1320. The maximum atomic E-state index is 15.6. The van der Waals surface area contributed by atoms with Crippen LogP contribution in [0.2, 0.25) is 5.15 Å². The van der Waals surface area contributed by atoms with Crippen LogP contribution in [0.15, 0.2) is 30.7 Å². The maximum Gasteiger partial charge on any atom is 0.410 e. The number of hydrogen-bond donors (Lipinski definition) is 0. The van der Waals surface area contributed by atoms with Gasteiger partial charge in [0.25, 0.3) is 0 Å². The number of nitrogens with zero attached hydrogens (tertiary/aromatic N) is 5. The van der Waals surface area contributed by atoms with Crippen molar-refractivity contribution < 1.29 is 23.0 Å². The minimum Gasteiger partial charge on any atom is -0.493 e. The van der Waals surface area contributed by atoms with E-state index in [0.29, 0.717) is 24.4 Å². The minimum atomic E-state index is -0.821. The summed E-state index contributed by atoms with van der Waals surface area (Å²) in [5.74, 6) is -1.37. The van der Waals surface area contributed by atoms with Crippen LogP contribution in [0.25, 0.3) is 22.6 Å². The third-order valence-electron chi connectivity index (χ3n) is 6.80. The lowest BCUT2D eigenvalue weighted by atomic mass is 9.90. The first-order chi connectivity index (χ1) is 19.5. The number of hydrogen-bond acceptors (Lipinski definition) is 7. The van der Waals surface area contributed by atoms with Gasteiger partial charge in [0.05, 0.1) is 24.1 Å². The summed E-state index contributed by atoms with van der Waals surface area (Å²) in [5.41, 5.74) is 0.226. The molecule has 4 rings (SSSR count). The first kappa shape index (κ1) is 30.6. The fraction of sp³-hybridized carbons (Fsp3) is 0.500. The van der Waals surface area contributed by atoms with Gasteiger partial charge < -0.3 is 14.4 Å². The van der Waals surface area contributed by atoms with Gasteiger partial charge >= 0.3 is 6.09 Å². The lowest BCUT2D eigenvalue weighted by Crippen LogP contribution is -2.35. The topological polar surface area (TPSA) is 90.3 Å². The molecule has 0 bridgehead atoms. The van der Waals surface area contributed by atoms with Crippen LogP contribution >= 0.6 is 11.6 Å². The average Bonchev–Trinajstić information content (AvgIpc) is 3.20.